The van der Waals surface area contributed by atoms with E-state index < -0.39 is 0 Å². The van der Waals surface area contributed by atoms with Crippen LogP contribution in [0.3, 0.4) is 0 Å². The second-order valence-corrected chi connectivity index (χ2v) is 6.05. The molecule has 0 saturated heterocycles. The van der Waals surface area contributed by atoms with Crippen molar-refractivity contribution in [1.82, 2.24) is 0 Å². The first kappa shape index (κ1) is 22.1. The van der Waals surface area contributed by atoms with Gasteiger partial charge in [-0.1, -0.05) is 6.07 Å². The van der Waals surface area contributed by atoms with Crippen LogP contribution in [0.15, 0.2) is 41.4 Å². The third-order valence-electron chi connectivity index (χ3n) is 3.87. The van der Waals surface area contributed by atoms with E-state index in [4.69, 9.17) is 15.2 Å². The van der Waals surface area contributed by atoms with Gasteiger partial charge in [0.05, 0.1) is 14.2 Å². The molecule has 0 aliphatic carbocycles. The highest BCUT2D eigenvalue weighted by molar-refractivity contribution is 14.0. The first-order valence-electron chi connectivity index (χ1n) is 8.38. The van der Waals surface area contributed by atoms with E-state index in [1.807, 2.05) is 18.2 Å². The molecule has 2 aromatic carbocycles. The Morgan fingerprint density at radius 1 is 1.04 bits per heavy atom. The van der Waals surface area contributed by atoms with Crippen LogP contribution in [0, 0.1) is 13.8 Å². The zero-order valence-electron chi connectivity index (χ0n) is 15.8. The van der Waals surface area contributed by atoms with E-state index in [9.17, 15) is 0 Å². The van der Waals surface area contributed by atoms with Crippen molar-refractivity contribution in [2.45, 2.75) is 26.7 Å². The number of nitrogens with one attached hydrogen (secondary N) is 1. The Balaban J connectivity index is 0.00000338. The van der Waals surface area contributed by atoms with E-state index >= 15 is 0 Å². The monoisotopic (exact) mass is 469 g/mol. The number of aryl methyl sites for hydroxylation is 3. The molecule has 142 valence electrons. The van der Waals surface area contributed by atoms with Gasteiger partial charge in [-0.2, -0.15) is 0 Å². The second kappa shape index (κ2) is 10.9. The number of anilines is 1. The molecule has 2 rings (SSSR count). The van der Waals surface area contributed by atoms with E-state index in [0.717, 1.165) is 35.6 Å². The fourth-order valence-corrected chi connectivity index (χ4v) is 2.78. The van der Waals surface area contributed by atoms with Crippen molar-refractivity contribution in [1.29, 1.82) is 0 Å². The maximum atomic E-state index is 5.98. The number of benzene rings is 2. The number of halogens is 1. The van der Waals surface area contributed by atoms with Gasteiger partial charge >= 0.3 is 0 Å². The fraction of sp³-hybridized carbons (Fsp3) is 0.350. The second-order valence-electron chi connectivity index (χ2n) is 6.05. The lowest BCUT2D eigenvalue weighted by molar-refractivity contribution is 0.398. The molecular formula is C20H28IN3O2. The normalized spacial score (nSPS) is 10.8. The van der Waals surface area contributed by atoms with Gasteiger partial charge in [0.25, 0.3) is 0 Å². The van der Waals surface area contributed by atoms with Gasteiger partial charge < -0.3 is 20.5 Å². The Hall–Kier alpha value is -1.96. The number of guanidine groups is 1. The zero-order valence-corrected chi connectivity index (χ0v) is 18.2. The van der Waals surface area contributed by atoms with Crippen molar-refractivity contribution in [3.05, 3.63) is 53.1 Å². The summed E-state index contributed by atoms with van der Waals surface area (Å²) in [4.78, 5) is 4.40. The van der Waals surface area contributed by atoms with Gasteiger partial charge in [-0.15, -0.1) is 24.0 Å². The number of ether oxygens (including phenoxy) is 2. The molecule has 0 aliphatic heterocycles. The molecule has 0 saturated carbocycles. The Labute approximate surface area is 173 Å². The summed E-state index contributed by atoms with van der Waals surface area (Å²) in [6.07, 6.45) is 1.72. The molecule has 5 nitrogen and oxygen atoms in total. The number of hydrogen-bond acceptors (Lipinski definition) is 3. The standard InChI is InChI=1S/C20H27N3O2.HI/c1-14-10-15(2)12-17(11-14)23-20(21)22-9-5-6-16-13-18(24-3)7-8-19(16)25-4;/h7-8,10-13H,5-6,9H2,1-4H3,(H3,21,22,23);1H. The van der Waals surface area contributed by atoms with Crippen molar-refractivity contribution < 1.29 is 9.47 Å². The Bertz CT molecular complexity index is 728. The van der Waals surface area contributed by atoms with E-state index in [1.165, 1.54) is 11.1 Å². The summed E-state index contributed by atoms with van der Waals surface area (Å²) in [5.74, 6) is 2.13. The number of rotatable bonds is 7. The van der Waals surface area contributed by atoms with Crippen LogP contribution >= 0.6 is 24.0 Å². The molecule has 6 heteroatoms. The molecular weight excluding hydrogens is 441 g/mol. The summed E-state index contributed by atoms with van der Waals surface area (Å²) in [7, 11) is 3.34. The topological polar surface area (TPSA) is 68.9 Å². The van der Waals surface area contributed by atoms with Gasteiger partial charge in [0.15, 0.2) is 5.96 Å². The van der Waals surface area contributed by atoms with Gasteiger partial charge in [0.2, 0.25) is 0 Å². The van der Waals surface area contributed by atoms with Gasteiger partial charge in [0, 0.05) is 12.2 Å². The van der Waals surface area contributed by atoms with E-state index in [1.54, 1.807) is 14.2 Å². The molecule has 3 N–H and O–H groups in total. The van der Waals surface area contributed by atoms with Crippen LogP contribution in [0.2, 0.25) is 0 Å². The molecule has 0 unspecified atom stereocenters. The minimum atomic E-state index is 0. The van der Waals surface area contributed by atoms with Crippen molar-refractivity contribution in [3.8, 4) is 11.5 Å². The molecule has 0 aromatic heterocycles. The van der Waals surface area contributed by atoms with Crippen molar-refractivity contribution >= 4 is 35.6 Å². The quantitative estimate of drug-likeness (QED) is 0.275. The van der Waals surface area contributed by atoms with Gasteiger partial charge in [0.1, 0.15) is 11.5 Å². The Kier molecular flexibility index (Phi) is 9.26. The highest BCUT2D eigenvalue weighted by Crippen LogP contribution is 2.25. The van der Waals surface area contributed by atoms with E-state index in [-0.39, 0.29) is 24.0 Å². The Morgan fingerprint density at radius 3 is 2.35 bits per heavy atom. The van der Waals surface area contributed by atoms with Crippen molar-refractivity contribution in [2.75, 3.05) is 26.1 Å². The first-order valence-corrected chi connectivity index (χ1v) is 8.38. The summed E-state index contributed by atoms with van der Waals surface area (Å²) in [5.41, 5.74) is 10.4. The molecule has 0 amide bonds. The molecule has 0 atom stereocenters. The van der Waals surface area contributed by atoms with Crippen molar-refractivity contribution in [3.63, 3.8) is 0 Å². The number of nitrogens with zero attached hydrogens (tertiary/aromatic N) is 1. The molecule has 0 fully saturated rings. The lowest BCUT2D eigenvalue weighted by Crippen LogP contribution is -2.23. The Morgan fingerprint density at radius 2 is 1.73 bits per heavy atom. The number of aliphatic imine (C=N–C) groups is 1. The summed E-state index contributed by atoms with van der Waals surface area (Å²) < 4.78 is 10.7. The van der Waals surface area contributed by atoms with Gasteiger partial charge in [-0.3, -0.25) is 4.99 Å². The summed E-state index contributed by atoms with van der Waals surface area (Å²) in [5, 5.41) is 3.15. The predicted molar refractivity (Wildman–Crippen MR) is 119 cm³/mol. The average Bonchev–Trinajstić information content (AvgIpc) is 2.57. The molecule has 0 aliphatic rings. The minimum absolute atomic E-state index is 0. The first-order chi connectivity index (χ1) is 12.0. The molecule has 0 spiro atoms. The third-order valence-corrected chi connectivity index (χ3v) is 3.87. The summed E-state index contributed by atoms with van der Waals surface area (Å²) in [6, 6.07) is 12.0. The highest BCUT2D eigenvalue weighted by Gasteiger charge is 2.05. The van der Waals surface area contributed by atoms with Crippen LogP contribution in [0.4, 0.5) is 5.69 Å². The largest absolute Gasteiger partial charge is 0.497 e. The minimum Gasteiger partial charge on any atom is -0.497 e. The number of methoxy groups -OCH3 is 2. The van der Waals surface area contributed by atoms with Crippen LogP contribution in [0.1, 0.15) is 23.1 Å². The molecule has 0 bridgehead atoms. The molecule has 2 aromatic rings. The van der Waals surface area contributed by atoms with Crippen LogP contribution in [-0.4, -0.2) is 26.7 Å². The SMILES string of the molecule is COc1ccc(OC)c(CCCN=C(N)Nc2cc(C)cc(C)c2)c1.I. The highest BCUT2D eigenvalue weighted by atomic mass is 127. The number of nitrogens with two attached hydrogens (primary N) is 1. The maximum absolute atomic E-state index is 5.98. The molecule has 26 heavy (non-hydrogen) atoms. The smallest absolute Gasteiger partial charge is 0.193 e. The average molecular weight is 469 g/mol. The van der Waals surface area contributed by atoms with E-state index in [2.05, 4.69) is 42.4 Å². The maximum Gasteiger partial charge on any atom is 0.193 e. The summed E-state index contributed by atoms with van der Waals surface area (Å²) in [6.45, 7) is 4.77. The lowest BCUT2D eigenvalue weighted by atomic mass is 10.1. The van der Waals surface area contributed by atoms with Crippen LogP contribution < -0.4 is 20.5 Å². The lowest BCUT2D eigenvalue weighted by Gasteiger charge is -2.10. The third kappa shape index (κ3) is 6.74. The fourth-order valence-electron chi connectivity index (χ4n) is 2.78. The zero-order chi connectivity index (χ0) is 18.2. The van der Waals surface area contributed by atoms with Crippen LogP contribution in [-0.2, 0) is 6.42 Å². The van der Waals surface area contributed by atoms with Gasteiger partial charge in [-0.25, -0.2) is 0 Å². The number of hydrogen-bond donors (Lipinski definition) is 2. The van der Waals surface area contributed by atoms with Gasteiger partial charge in [-0.05, 0) is 73.7 Å². The van der Waals surface area contributed by atoms with Crippen molar-refractivity contribution in [2.24, 2.45) is 10.7 Å². The predicted octanol–water partition coefficient (Wildman–Crippen LogP) is 4.30. The van der Waals surface area contributed by atoms with Crippen LogP contribution in [0.5, 0.6) is 11.5 Å². The summed E-state index contributed by atoms with van der Waals surface area (Å²) >= 11 is 0. The molecule has 0 radical (unpaired) electrons. The van der Waals surface area contributed by atoms with E-state index in [0.29, 0.717) is 12.5 Å². The molecule has 0 heterocycles. The van der Waals surface area contributed by atoms with Crippen LogP contribution in [0.25, 0.3) is 0 Å².